The summed E-state index contributed by atoms with van der Waals surface area (Å²) in [6.45, 7) is 13.6. The fraction of sp³-hybridized carbons (Fsp3) is 0.538. The molecule has 12 nitrogen and oxygen atoms in total. The van der Waals surface area contributed by atoms with Crippen molar-refractivity contribution in [3.05, 3.63) is 54.1 Å². The molecule has 0 bridgehead atoms. The molecule has 0 saturated carbocycles. The predicted molar refractivity (Wildman–Crippen MR) is 214 cm³/mol. The van der Waals surface area contributed by atoms with Crippen LogP contribution in [0, 0.1) is 0 Å². The highest BCUT2D eigenvalue weighted by atomic mass is 33.1. The molecule has 0 aliphatic carbocycles. The van der Waals surface area contributed by atoms with Crippen molar-refractivity contribution in [2.75, 3.05) is 30.9 Å². The fourth-order valence-electron chi connectivity index (χ4n) is 6.00. The van der Waals surface area contributed by atoms with E-state index < -0.39 is 5.54 Å². The summed E-state index contributed by atoms with van der Waals surface area (Å²) < 4.78 is 7.85. The number of nitrogens with one attached hydrogen (secondary N) is 3. The number of carbonyl (C=O) groups is 4. The van der Waals surface area contributed by atoms with Gasteiger partial charge in [-0.25, -0.2) is 4.68 Å². The van der Waals surface area contributed by atoms with Crippen molar-refractivity contribution in [1.82, 2.24) is 30.9 Å². The summed E-state index contributed by atoms with van der Waals surface area (Å²) in [4.78, 5) is 52.9. The van der Waals surface area contributed by atoms with Crippen molar-refractivity contribution in [3.63, 3.8) is 0 Å². The van der Waals surface area contributed by atoms with Crippen LogP contribution in [0.3, 0.4) is 0 Å². The molecule has 1 aliphatic heterocycles. The minimum absolute atomic E-state index is 0.00845. The number of amides is 4. The lowest BCUT2D eigenvalue weighted by atomic mass is 9.95. The maximum Gasteiger partial charge on any atom is 0.241 e. The summed E-state index contributed by atoms with van der Waals surface area (Å²) in [7, 11) is 5.20. The zero-order chi connectivity index (χ0) is 38.6. The topological polar surface area (TPSA) is 148 Å². The van der Waals surface area contributed by atoms with Crippen molar-refractivity contribution in [1.29, 1.82) is 0 Å². The van der Waals surface area contributed by atoms with Gasteiger partial charge in [0.2, 0.25) is 23.6 Å². The van der Waals surface area contributed by atoms with Gasteiger partial charge in [0.1, 0.15) is 12.2 Å². The van der Waals surface area contributed by atoms with Crippen LogP contribution < -0.4 is 20.9 Å². The maximum absolute atomic E-state index is 13.9. The third-order valence-electron chi connectivity index (χ3n) is 9.09. The number of fused-ring (bicyclic) bond motifs is 5. The second-order valence-corrected chi connectivity index (χ2v) is 17.5. The second-order valence-electron chi connectivity index (χ2n) is 14.5. The van der Waals surface area contributed by atoms with Crippen LogP contribution in [-0.4, -0.2) is 81.0 Å². The van der Waals surface area contributed by atoms with Gasteiger partial charge in [0.05, 0.1) is 23.5 Å². The molecule has 1 aromatic heterocycles. The number of hydrogen-bond acceptors (Lipinski definition) is 9. The average Bonchev–Trinajstić information content (AvgIpc) is 3.52. The minimum atomic E-state index is -0.525. The van der Waals surface area contributed by atoms with Gasteiger partial charge in [-0.15, -0.1) is 5.10 Å². The number of likely N-dealkylation sites (N-methyl/N-ethyl adjacent to an activating group) is 1. The van der Waals surface area contributed by atoms with Crippen LogP contribution in [0.4, 0.5) is 5.69 Å². The summed E-state index contributed by atoms with van der Waals surface area (Å²) in [6.07, 6.45) is 2.97. The van der Waals surface area contributed by atoms with E-state index in [1.165, 1.54) is 0 Å². The Morgan fingerprint density at radius 1 is 0.925 bits per heavy atom. The first kappa shape index (κ1) is 41.9. The highest BCUT2D eigenvalue weighted by Crippen LogP contribution is 2.41. The lowest BCUT2D eigenvalue weighted by Crippen LogP contribution is -2.45. The monoisotopic (exact) mass is 765 g/mol. The first-order valence-corrected chi connectivity index (χ1v) is 20.7. The van der Waals surface area contributed by atoms with Crippen LogP contribution in [0.5, 0.6) is 0 Å². The lowest BCUT2D eigenvalue weighted by molar-refractivity contribution is -0.126. The molecular formula is C39H55N7O5S2. The summed E-state index contributed by atoms with van der Waals surface area (Å²) in [6, 6.07) is 15.3. The Balaban J connectivity index is 1.30. The molecule has 1 unspecified atom stereocenters. The molecule has 4 rings (SSSR count). The van der Waals surface area contributed by atoms with E-state index in [9.17, 15) is 19.2 Å². The molecule has 288 valence electrons. The van der Waals surface area contributed by atoms with Gasteiger partial charge in [-0.3, -0.25) is 19.2 Å². The number of para-hydroxylation sites is 1. The normalized spacial score (nSPS) is 13.2. The Morgan fingerprint density at radius 2 is 1.64 bits per heavy atom. The van der Waals surface area contributed by atoms with E-state index in [1.54, 1.807) is 16.6 Å². The molecular weight excluding hydrogens is 711 g/mol. The number of anilines is 1. The fourth-order valence-corrected chi connectivity index (χ4v) is 8.64. The molecule has 2 aromatic carbocycles. The number of hydrogen-bond donors (Lipinski definition) is 3. The van der Waals surface area contributed by atoms with Crippen LogP contribution in [-0.2, 0) is 37.0 Å². The van der Waals surface area contributed by atoms with E-state index in [0.29, 0.717) is 48.3 Å². The van der Waals surface area contributed by atoms with E-state index in [1.807, 2.05) is 90.9 Å². The van der Waals surface area contributed by atoms with Gasteiger partial charge in [0, 0.05) is 67.1 Å². The number of ether oxygens (including phenoxy) is 1. The van der Waals surface area contributed by atoms with Crippen molar-refractivity contribution in [2.24, 2.45) is 0 Å². The van der Waals surface area contributed by atoms with Crippen molar-refractivity contribution in [2.45, 2.75) is 110 Å². The summed E-state index contributed by atoms with van der Waals surface area (Å²) >= 11 is 0. The van der Waals surface area contributed by atoms with Gasteiger partial charge in [-0.05, 0) is 65.5 Å². The van der Waals surface area contributed by atoms with E-state index in [4.69, 9.17) is 4.74 Å². The van der Waals surface area contributed by atoms with Gasteiger partial charge >= 0.3 is 0 Å². The Hall–Kier alpha value is -3.88. The van der Waals surface area contributed by atoms with Crippen LogP contribution in [0.2, 0.25) is 0 Å². The molecule has 0 saturated heterocycles. The molecule has 1 atom stereocenters. The Labute approximate surface area is 321 Å². The number of aromatic nitrogens is 3. The lowest BCUT2D eigenvalue weighted by Gasteiger charge is -2.31. The molecule has 0 spiro atoms. The Bertz CT molecular complexity index is 1730. The van der Waals surface area contributed by atoms with Crippen molar-refractivity contribution in [3.8, 4) is 22.5 Å². The zero-order valence-electron chi connectivity index (χ0n) is 32.1. The standard InChI is InChI=1S/C39H55N7O5S2/c1-8-41-32(47)18-17-27(2)53-52-24-22-39(5,6)51-23-21-38(3,4)42-33(48)19-20-35(50)45-25-28-13-9-10-14-29(28)37-36(30-15-11-12-16-31(30)45)43-44-46(37)26-34(49)40-7/h9-16,27H,8,17-26H2,1-7H3,(H,40,49)(H,41,47)(H,42,48). The molecule has 3 N–H and O–H groups in total. The summed E-state index contributed by atoms with van der Waals surface area (Å²) in [5.74, 6) is 0.468. The zero-order valence-corrected chi connectivity index (χ0v) is 33.8. The highest BCUT2D eigenvalue weighted by molar-refractivity contribution is 8.76. The molecule has 4 amide bonds. The van der Waals surface area contributed by atoms with E-state index in [2.05, 4.69) is 47.0 Å². The smallest absolute Gasteiger partial charge is 0.241 e. The number of nitrogens with zero attached hydrogens (tertiary/aromatic N) is 4. The molecule has 0 radical (unpaired) electrons. The van der Waals surface area contributed by atoms with Crippen LogP contribution >= 0.6 is 21.6 Å². The van der Waals surface area contributed by atoms with Gasteiger partial charge in [0.25, 0.3) is 0 Å². The predicted octanol–water partition coefficient (Wildman–Crippen LogP) is 6.14. The third kappa shape index (κ3) is 12.3. The Morgan fingerprint density at radius 3 is 2.38 bits per heavy atom. The first-order chi connectivity index (χ1) is 25.2. The van der Waals surface area contributed by atoms with Crippen molar-refractivity contribution < 1.29 is 23.9 Å². The number of benzene rings is 2. The summed E-state index contributed by atoms with van der Waals surface area (Å²) in [5.41, 5.74) is 3.57. The van der Waals surface area contributed by atoms with Crippen LogP contribution in [0.15, 0.2) is 48.5 Å². The molecule has 14 heteroatoms. The quantitative estimate of drug-likeness (QED) is 0.0968. The average molecular weight is 766 g/mol. The van der Waals surface area contributed by atoms with Crippen LogP contribution in [0.25, 0.3) is 22.5 Å². The van der Waals surface area contributed by atoms with Gasteiger partial charge in [-0.1, -0.05) is 76.2 Å². The van der Waals surface area contributed by atoms with E-state index in [0.717, 1.165) is 35.3 Å². The molecule has 3 aromatic rings. The molecule has 53 heavy (non-hydrogen) atoms. The number of carbonyl (C=O) groups excluding carboxylic acids is 4. The maximum atomic E-state index is 13.9. The van der Waals surface area contributed by atoms with Gasteiger partial charge < -0.3 is 25.6 Å². The minimum Gasteiger partial charge on any atom is -0.375 e. The molecule has 0 fully saturated rings. The number of rotatable bonds is 19. The third-order valence-corrected chi connectivity index (χ3v) is 12.1. The summed E-state index contributed by atoms with van der Waals surface area (Å²) in [5, 5.41) is 17.8. The second kappa shape index (κ2) is 19.4. The van der Waals surface area contributed by atoms with E-state index >= 15 is 0 Å². The van der Waals surface area contributed by atoms with Gasteiger partial charge in [0.15, 0.2) is 0 Å². The molecule has 1 aliphatic rings. The Kier molecular flexibility index (Phi) is 15.4. The first-order valence-electron chi connectivity index (χ1n) is 18.4. The van der Waals surface area contributed by atoms with Crippen molar-refractivity contribution >= 4 is 50.9 Å². The van der Waals surface area contributed by atoms with E-state index in [-0.39, 0.29) is 55.2 Å². The largest absolute Gasteiger partial charge is 0.375 e. The highest BCUT2D eigenvalue weighted by Gasteiger charge is 2.30. The van der Waals surface area contributed by atoms with Crippen LogP contribution in [0.1, 0.15) is 85.6 Å². The van der Waals surface area contributed by atoms with Gasteiger partial charge in [-0.2, -0.15) is 0 Å². The molecule has 2 heterocycles. The SMILES string of the molecule is CCNC(=O)CCC(C)SSCCC(C)(C)OCCC(C)(C)NC(=O)CCC(=O)N1Cc2ccccc2-c2c(nnn2CC(=O)NC)-c2ccccc21.